The molecule has 2 aromatic carbocycles. The quantitative estimate of drug-likeness (QED) is 0.0212. The van der Waals surface area contributed by atoms with Crippen molar-refractivity contribution in [2.45, 2.75) is 126 Å². The highest BCUT2D eigenvalue weighted by molar-refractivity contribution is 7.99. The number of hydrogen-bond acceptors (Lipinski definition) is 15. The summed E-state index contributed by atoms with van der Waals surface area (Å²) in [5, 5.41) is 28.9. The summed E-state index contributed by atoms with van der Waals surface area (Å²) in [6.45, 7) is 24.4. The number of nitrogens with two attached hydrogens (primary N) is 2. The molecule has 0 aliphatic rings. The molecule has 60 heavy (non-hydrogen) atoms. The molecule has 2 radical (unpaired) electrons. The van der Waals surface area contributed by atoms with Gasteiger partial charge in [-0.05, 0) is 116 Å². The molecule has 0 aromatic heterocycles. The van der Waals surface area contributed by atoms with Gasteiger partial charge in [0.25, 0.3) is 0 Å². The number of aliphatic hydroxyl groups excluding tert-OH is 2. The Hall–Kier alpha value is -0.616. The molecule has 0 bridgehead atoms. The van der Waals surface area contributed by atoms with Crippen molar-refractivity contribution in [3.63, 3.8) is 0 Å². The lowest BCUT2D eigenvalue weighted by atomic mass is 10.1. The zero-order chi connectivity index (χ0) is 45.0. The minimum atomic E-state index is -3.49. The summed E-state index contributed by atoms with van der Waals surface area (Å²) in [4.78, 5) is 2.16. The van der Waals surface area contributed by atoms with Crippen LogP contribution in [0.3, 0.4) is 0 Å². The number of anilines is 2. The van der Waals surface area contributed by atoms with E-state index in [0.717, 1.165) is 56.8 Å². The maximum atomic E-state index is 10.8. The highest BCUT2D eigenvalue weighted by atomic mass is 32.2. The summed E-state index contributed by atoms with van der Waals surface area (Å²) < 4.78 is 45.5. The van der Waals surface area contributed by atoms with Crippen LogP contribution in [-0.4, -0.2) is 144 Å². The summed E-state index contributed by atoms with van der Waals surface area (Å²) in [5.41, 5.74) is 14.8. The molecule has 13 nitrogen and oxygen atoms in total. The van der Waals surface area contributed by atoms with E-state index in [0.29, 0.717) is 39.5 Å². The van der Waals surface area contributed by atoms with Crippen molar-refractivity contribution in [1.29, 1.82) is 0 Å². The first kappa shape index (κ1) is 55.5. The van der Waals surface area contributed by atoms with Crippen molar-refractivity contribution in [3.8, 4) is 0 Å². The minimum absolute atomic E-state index is 0.00207. The molecular weight excluding hydrogens is 885 g/mol. The molecule has 0 aliphatic carbocycles. The van der Waals surface area contributed by atoms with Crippen molar-refractivity contribution in [3.05, 3.63) is 42.0 Å². The van der Waals surface area contributed by atoms with E-state index in [1.165, 1.54) is 0 Å². The maximum absolute atomic E-state index is 10.8. The fourth-order valence-electron chi connectivity index (χ4n) is 6.30. The van der Waals surface area contributed by atoms with Gasteiger partial charge in [-0.2, -0.15) is 0 Å². The van der Waals surface area contributed by atoms with Gasteiger partial charge in [0.1, 0.15) is 0 Å². The van der Waals surface area contributed by atoms with Crippen LogP contribution in [0.1, 0.15) is 32.3 Å². The average Bonchev–Trinajstić information content (AvgIpc) is 3.15. The first-order chi connectivity index (χ1) is 28.1. The highest BCUT2D eigenvalue weighted by Crippen LogP contribution is 2.38. The van der Waals surface area contributed by atoms with E-state index >= 15 is 0 Å². The number of nitrogen functional groups attached to an aromatic ring is 1. The van der Waals surface area contributed by atoms with E-state index in [1.54, 1.807) is 23.5 Å². The van der Waals surface area contributed by atoms with Crippen LogP contribution in [0.5, 0.6) is 0 Å². The smallest absolute Gasteiger partial charge is 0.437 e. The van der Waals surface area contributed by atoms with Gasteiger partial charge in [-0.15, -0.1) is 23.5 Å². The minimum Gasteiger partial charge on any atom is -0.437 e. The highest BCUT2D eigenvalue weighted by Gasteiger charge is 2.52. The zero-order valence-corrected chi connectivity index (χ0v) is 45.1. The SMILES string of the molecule is CSc1cc(SC)c(NCC(O)COCCC[Si](C)(C)O[Si](O[Si]CCCOCC(O)CNC(C)COCC(C)N)(O[Si](C)(C)O[Si](C)(C)C)c2ccccc2)c(C)c1N. The summed E-state index contributed by atoms with van der Waals surface area (Å²) in [6.07, 6.45) is 4.30. The first-order valence-corrected chi connectivity index (χ1v) is 35.7. The van der Waals surface area contributed by atoms with E-state index < -0.39 is 46.2 Å². The van der Waals surface area contributed by atoms with Gasteiger partial charge in [-0.25, -0.2) is 0 Å². The summed E-state index contributed by atoms with van der Waals surface area (Å²) >= 11 is 3.29. The van der Waals surface area contributed by atoms with Crippen molar-refractivity contribution >= 4 is 83.8 Å². The Balaban J connectivity index is 2.01. The molecule has 344 valence electrons. The number of ether oxygens (including phenoxy) is 3. The van der Waals surface area contributed by atoms with E-state index in [1.807, 2.05) is 51.5 Å². The van der Waals surface area contributed by atoms with Crippen LogP contribution in [-0.2, 0) is 30.7 Å². The molecule has 20 heteroatoms. The standard InChI is InChI=1S/C40H78N4O9S2Si5/c1-31(41)27-49-28-32(2)43-25-34(45)29-47-20-16-22-56-50-60(36-18-14-13-15-19-36,53-59(11,12)51-57(6,7)8)52-58(9,10)23-17-21-48-30-35(46)26-44-40-33(3)39(42)37(54-4)24-38(40)55-5/h13-15,18-19,24,31-32,34-35,43-46H,16-17,20-23,25-30,41-42H2,1-12H3. The number of thioether (sulfide) groups is 2. The van der Waals surface area contributed by atoms with Crippen molar-refractivity contribution in [1.82, 2.24) is 5.32 Å². The van der Waals surface area contributed by atoms with Crippen LogP contribution in [0.2, 0.25) is 57.9 Å². The maximum Gasteiger partial charge on any atom is 0.507 e. The Labute approximate surface area is 377 Å². The fraction of sp³-hybridized carbons (Fsp3) is 0.700. The van der Waals surface area contributed by atoms with Gasteiger partial charge >= 0.3 is 17.4 Å². The van der Waals surface area contributed by atoms with Gasteiger partial charge in [0.2, 0.25) is 9.76 Å². The van der Waals surface area contributed by atoms with Gasteiger partial charge in [0.05, 0.1) is 50.0 Å². The van der Waals surface area contributed by atoms with Gasteiger partial charge in [0, 0.05) is 53.4 Å². The monoisotopic (exact) mass is 962 g/mol. The van der Waals surface area contributed by atoms with Crippen molar-refractivity contribution in [2.24, 2.45) is 5.73 Å². The molecule has 0 saturated heterocycles. The van der Waals surface area contributed by atoms with Crippen LogP contribution < -0.4 is 27.3 Å². The number of nitrogens with one attached hydrogen (secondary N) is 2. The third-order valence-corrected chi connectivity index (χ3v) is 26.0. The molecule has 0 aliphatic heterocycles. The molecule has 0 saturated carbocycles. The second-order valence-corrected chi connectivity index (χ2v) is 35.8. The van der Waals surface area contributed by atoms with Crippen molar-refractivity contribution in [2.75, 3.05) is 76.3 Å². The largest absolute Gasteiger partial charge is 0.507 e. The summed E-state index contributed by atoms with van der Waals surface area (Å²) in [6, 6.07) is 13.9. The lowest BCUT2D eigenvalue weighted by Gasteiger charge is -2.42. The Kier molecular flexibility index (Phi) is 25.6. The predicted octanol–water partition coefficient (Wildman–Crippen LogP) is 6.00. The molecular formula is C40H78N4O9S2Si5. The lowest BCUT2D eigenvalue weighted by Crippen LogP contribution is -2.67. The third-order valence-electron chi connectivity index (χ3n) is 8.89. The topological polar surface area (TPSA) is 181 Å². The van der Waals surface area contributed by atoms with E-state index in [9.17, 15) is 10.2 Å². The summed E-state index contributed by atoms with van der Waals surface area (Å²) in [5.74, 6) is 0. The van der Waals surface area contributed by atoms with Crippen LogP contribution in [0, 0.1) is 6.92 Å². The molecule has 5 atom stereocenters. The molecule has 2 rings (SSSR count). The molecule has 0 spiro atoms. The van der Waals surface area contributed by atoms with Gasteiger partial charge in [-0.3, -0.25) is 0 Å². The van der Waals surface area contributed by atoms with E-state index in [2.05, 4.69) is 74.7 Å². The average molecular weight is 964 g/mol. The molecule has 2 aromatic rings. The van der Waals surface area contributed by atoms with Crippen LogP contribution in [0.4, 0.5) is 11.4 Å². The van der Waals surface area contributed by atoms with Crippen LogP contribution >= 0.6 is 23.5 Å². The van der Waals surface area contributed by atoms with Gasteiger partial charge < -0.3 is 63.0 Å². The molecule has 5 unspecified atom stereocenters. The van der Waals surface area contributed by atoms with Crippen LogP contribution in [0.15, 0.2) is 46.2 Å². The van der Waals surface area contributed by atoms with Gasteiger partial charge in [-0.1, -0.05) is 30.3 Å². The Bertz CT molecular complexity index is 1510. The number of hydrogen-bond donors (Lipinski definition) is 6. The number of rotatable bonds is 33. The zero-order valence-electron chi connectivity index (χ0n) is 38.5. The fourth-order valence-corrected chi connectivity index (χ4v) is 26.1. The van der Waals surface area contributed by atoms with E-state index in [-0.39, 0.29) is 35.1 Å². The predicted molar refractivity (Wildman–Crippen MR) is 262 cm³/mol. The number of benzene rings is 2. The second kappa shape index (κ2) is 27.7. The molecule has 0 amide bonds. The van der Waals surface area contributed by atoms with E-state index in [4.69, 9.17) is 42.1 Å². The second-order valence-electron chi connectivity index (χ2n) is 17.3. The Morgan fingerprint density at radius 2 is 1.40 bits per heavy atom. The molecule has 0 fully saturated rings. The molecule has 8 N–H and O–H groups in total. The molecule has 0 heterocycles. The van der Waals surface area contributed by atoms with Crippen LogP contribution in [0.25, 0.3) is 0 Å². The first-order valence-electron chi connectivity index (χ1n) is 21.0. The Morgan fingerprint density at radius 3 is 2.00 bits per heavy atom. The third kappa shape index (κ3) is 21.8. The normalized spacial score (nSPS) is 15.7. The van der Waals surface area contributed by atoms with Crippen molar-refractivity contribution < 1.29 is 40.9 Å². The number of aliphatic hydroxyl groups is 2. The van der Waals surface area contributed by atoms with Gasteiger partial charge in [0.15, 0.2) is 16.6 Å². The lowest BCUT2D eigenvalue weighted by molar-refractivity contribution is 0.0330. The summed E-state index contributed by atoms with van der Waals surface area (Å²) in [7, 11) is -10.5. The Morgan fingerprint density at radius 1 is 0.783 bits per heavy atom.